The van der Waals surface area contributed by atoms with Gasteiger partial charge in [0.15, 0.2) is 0 Å². The second-order valence-electron chi connectivity index (χ2n) is 4.59. The van der Waals surface area contributed by atoms with Gasteiger partial charge in [-0.3, -0.25) is 5.32 Å². The van der Waals surface area contributed by atoms with Crippen molar-refractivity contribution in [2.24, 2.45) is 5.73 Å². The highest BCUT2D eigenvalue weighted by molar-refractivity contribution is 4.74. The van der Waals surface area contributed by atoms with Crippen LogP contribution in [-0.4, -0.2) is 24.4 Å². The Morgan fingerprint density at radius 3 is 2.15 bits per heavy atom. The number of rotatable bonds is 6. The fourth-order valence-corrected chi connectivity index (χ4v) is 1.15. The Balaban J connectivity index is 3.63. The van der Waals surface area contributed by atoms with Crippen LogP contribution < -0.4 is 11.1 Å². The second-order valence-corrected chi connectivity index (χ2v) is 4.59. The van der Waals surface area contributed by atoms with Crippen LogP contribution in [0.25, 0.3) is 0 Å². The van der Waals surface area contributed by atoms with Crippen molar-refractivity contribution < 1.29 is 4.74 Å². The zero-order chi connectivity index (χ0) is 10.5. The predicted octanol–water partition coefficient (Wildman–Crippen LogP) is 1.48. The van der Waals surface area contributed by atoms with Gasteiger partial charge < -0.3 is 10.5 Å². The summed E-state index contributed by atoms with van der Waals surface area (Å²) in [5, 5.41) is 3.23. The van der Waals surface area contributed by atoms with Gasteiger partial charge in [0, 0.05) is 6.61 Å². The normalized spacial score (nSPS) is 13.4. The fraction of sp³-hybridized carbons (Fsp3) is 1.00. The van der Waals surface area contributed by atoms with Crippen LogP contribution in [0.1, 0.15) is 41.0 Å². The van der Waals surface area contributed by atoms with E-state index in [1.165, 1.54) is 0 Å². The molecule has 0 heterocycles. The molecule has 0 radical (unpaired) electrons. The lowest BCUT2D eigenvalue weighted by molar-refractivity contribution is -0.0165. The first-order chi connectivity index (χ1) is 5.77. The molecule has 0 saturated heterocycles. The van der Waals surface area contributed by atoms with E-state index in [0.29, 0.717) is 0 Å². The highest BCUT2D eigenvalue weighted by Crippen LogP contribution is 2.13. The summed E-state index contributed by atoms with van der Waals surface area (Å²) in [7, 11) is 0. The Morgan fingerprint density at radius 1 is 1.23 bits per heavy atom. The van der Waals surface area contributed by atoms with Crippen molar-refractivity contribution in [1.82, 2.24) is 5.32 Å². The third-order valence-electron chi connectivity index (χ3n) is 1.84. The lowest BCUT2D eigenvalue weighted by atomic mass is 10.0. The SMILES string of the molecule is CCOC(C)(C)CCNC(C)(C)N. The molecule has 0 fully saturated rings. The first-order valence-corrected chi connectivity index (χ1v) is 4.95. The molecule has 0 amide bonds. The third-order valence-corrected chi connectivity index (χ3v) is 1.84. The van der Waals surface area contributed by atoms with Crippen LogP contribution in [0, 0.1) is 0 Å². The maximum Gasteiger partial charge on any atom is 0.0638 e. The van der Waals surface area contributed by atoms with Gasteiger partial charge in [0.25, 0.3) is 0 Å². The summed E-state index contributed by atoms with van der Waals surface area (Å²) in [6.45, 7) is 11.8. The highest BCUT2D eigenvalue weighted by Gasteiger charge is 2.18. The molecule has 0 aromatic heterocycles. The fourth-order valence-electron chi connectivity index (χ4n) is 1.15. The maximum absolute atomic E-state index is 5.79. The summed E-state index contributed by atoms with van der Waals surface area (Å²) in [4.78, 5) is 0. The summed E-state index contributed by atoms with van der Waals surface area (Å²) in [6, 6.07) is 0. The zero-order valence-electron chi connectivity index (χ0n) is 9.61. The average Bonchev–Trinajstić information content (AvgIpc) is 1.82. The monoisotopic (exact) mass is 188 g/mol. The van der Waals surface area contributed by atoms with Crippen molar-refractivity contribution in [3.05, 3.63) is 0 Å². The Bertz CT molecular complexity index is 138. The van der Waals surface area contributed by atoms with E-state index in [1.54, 1.807) is 0 Å². The summed E-state index contributed by atoms with van der Waals surface area (Å²) < 4.78 is 5.56. The molecule has 0 atom stereocenters. The summed E-state index contributed by atoms with van der Waals surface area (Å²) in [5.74, 6) is 0. The lowest BCUT2D eigenvalue weighted by Gasteiger charge is -2.27. The third kappa shape index (κ3) is 8.22. The molecule has 80 valence electrons. The molecule has 0 aromatic rings. The molecule has 3 nitrogen and oxygen atoms in total. The standard InChI is InChI=1S/C10H24N2O/c1-6-13-9(2,3)7-8-12-10(4,5)11/h12H,6-8,11H2,1-5H3. The molecule has 0 aliphatic carbocycles. The van der Waals surface area contributed by atoms with Crippen molar-refractivity contribution in [2.45, 2.75) is 52.3 Å². The van der Waals surface area contributed by atoms with Gasteiger partial charge in [-0.05, 0) is 47.6 Å². The van der Waals surface area contributed by atoms with E-state index in [1.807, 2.05) is 20.8 Å². The first kappa shape index (κ1) is 12.9. The minimum atomic E-state index is -0.289. The topological polar surface area (TPSA) is 47.3 Å². The molecule has 0 bridgehead atoms. The molecule has 0 aromatic carbocycles. The quantitative estimate of drug-likeness (QED) is 0.621. The molecule has 0 rings (SSSR count). The number of hydrogen-bond acceptors (Lipinski definition) is 3. The van der Waals surface area contributed by atoms with E-state index in [2.05, 4.69) is 19.2 Å². The van der Waals surface area contributed by atoms with Crippen molar-refractivity contribution in [3.63, 3.8) is 0 Å². The molecule has 0 saturated carbocycles. The number of hydrogen-bond donors (Lipinski definition) is 2. The zero-order valence-corrected chi connectivity index (χ0v) is 9.61. The van der Waals surface area contributed by atoms with Crippen LogP contribution >= 0.6 is 0 Å². The highest BCUT2D eigenvalue weighted by atomic mass is 16.5. The molecule has 3 N–H and O–H groups in total. The van der Waals surface area contributed by atoms with Gasteiger partial charge in [-0.25, -0.2) is 0 Å². The van der Waals surface area contributed by atoms with Gasteiger partial charge in [-0.2, -0.15) is 0 Å². The van der Waals surface area contributed by atoms with Gasteiger partial charge >= 0.3 is 0 Å². The largest absolute Gasteiger partial charge is 0.376 e. The van der Waals surface area contributed by atoms with Crippen LogP contribution in [0.2, 0.25) is 0 Å². The molecule has 0 spiro atoms. The van der Waals surface area contributed by atoms with Crippen LogP contribution in [-0.2, 0) is 4.74 Å². The molecular formula is C10H24N2O. The predicted molar refractivity (Wildman–Crippen MR) is 56.6 cm³/mol. The van der Waals surface area contributed by atoms with Crippen LogP contribution in [0.4, 0.5) is 0 Å². The Labute approximate surface area is 82.0 Å². The molecule has 0 unspecified atom stereocenters. The van der Waals surface area contributed by atoms with Gasteiger partial charge in [-0.1, -0.05) is 0 Å². The second kappa shape index (κ2) is 4.94. The number of nitrogens with two attached hydrogens (primary N) is 1. The molecular weight excluding hydrogens is 164 g/mol. The smallest absolute Gasteiger partial charge is 0.0638 e. The van der Waals surface area contributed by atoms with E-state index in [4.69, 9.17) is 10.5 Å². The van der Waals surface area contributed by atoms with Crippen LogP contribution in [0.5, 0.6) is 0 Å². The Morgan fingerprint density at radius 2 is 1.77 bits per heavy atom. The molecule has 13 heavy (non-hydrogen) atoms. The van der Waals surface area contributed by atoms with E-state index in [9.17, 15) is 0 Å². The Kier molecular flexibility index (Phi) is 4.89. The van der Waals surface area contributed by atoms with Gasteiger partial charge in [-0.15, -0.1) is 0 Å². The molecule has 0 aliphatic rings. The number of ether oxygens (including phenoxy) is 1. The lowest BCUT2D eigenvalue weighted by Crippen LogP contribution is -2.49. The van der Waals surface area contributed by atoms with Gasteiger partial charge in [0.2, 0.25) is 0 Å². The van der Waals surface area contributed by atoms with Gasteiger partial charge in [0.1, 0.15) is 0 Å². The van der Waals surface area contributed by atoms with E-state index >= 15 is 0 Å². The minimum absolute atomic E-state index is 0.0486. The summed E-state index contributed by atoms with van der Waals surface area (Å²) >= 11 is 0. The van der Waals surface area contributed by atoms with Crippen LogP contribution in [0.3, 0.4) is 0 Å². The van der Waals surface area contributed by atoms with E-state index in [0.717, 1.165) is 19.6 Å². The van der Waals surface area contributed by atoms with Crippen molar-refractivity contribution in [2.75, 3.05) is 13.2 Å². The van der Waals surface area contributed by atoms with Gasteiger partial charge in [0.05, 0.1) is 11.3 Å². The maximum atomic E-state index is 5.79. The molecule has 3 heteroatoms. The summed E-state index contributed by atoms with van der Waals surface area (Å²) in [5.41, 5.74) is 5.45. The molecule has 0 aliphatic heterocycles. The van der Waals surface area contributed by atoms with E-state index in [-0.39, 0.29) is 11.3 Å². The summed E-state index contributed by atoms with van der Waals surface area (Å²) in [6.07, 6.45) is 0.974. The van der Waals surface area contributed by atoms with Crippen LogP contribution in [0.15, 0.2) is 0 Å². The Hall–Kier alpha value is -0.120. The van der Waals surface area contributed by atoms with E-state index < -0.39 is 0 Å². The van der Waals surface area contributed by atoms with Crippen molar-refractivity contribution >= 4 is 0 Å². The first-order valence-electron chi connectivity index (χ1n) is 4.95. The number of nitrogens with one attached hydrogen (secondary N) is 1. The average molecular weight is 188 g/mol. The van der Waals surface area contributed by atoms with Crippen molar-refractivity contribution in [3.8, 4) is 0 Å². The van der Waals surface area contributed by atoms with Crippen molar-refractivity contribution in [1.29, 1.82) is 0 Å². The minimum Gasteiger partial charge on any atom is -0.376 e.